The van der Waals surface area contributed by atoms with Crippen LogP contribution in [0.25, 0.3) is 0 Å². The van der Waals surface area contributed by atoms with Crippen molar-refractivity contribution in [3.63, 3.8) is 0 Å². The second-order valence-electron chi connectivity index (χ2n) is 2.40. The Kier molecular flexibility index (Phi) is 2.62. The minimum Gasteiger partial charge on any atom is -0.506 e. The lowest BCUT2D eigenvalue weighted by Gasteiger charge is -2.06. The Balaban J connectivity index is 3.20. The van der Waals surface area contributed by atoms with E-state index in [2.05, 4.69) is 4.98 Å². The first-order valence-corrected chi connectivity index (χ1v) is 3.43. The molecule has 1 rings (SSSR count). The van der Waals surface area contributed by atoms with Gasteiger partial charge in [0.1, 0.15) is 11.6 Å². The molecule has 0 saturated carbocycles. The molecule has 0 unspecified atom stereocenters. The van der Waals surface area contributed by atoms with Crippen molar-refractivity contribution in [3.05, 3.63) is 17.3 Å². The molecule has 0 amide bonds. The van der Waals surface area contributed by atoms with Crippen LogP contribution in [-0.4, -0.2) is 15.2 Å². The van der Waals surface area contributed by atoms with E-state index >= 15 is 0 Å². The summed E-state index contributed by atoms with van der Waals surface area (Å²) >= 11 is 0. The predicted molar refractivity (Wildman–Crippen MR) is 41.2 cm³/mol. The summed E-state index contributed by atoms with van der Waals surface area (Å²) in [5, 5.41) is 17.7. The number of alkyl halides is 2. The average molecular weight is 190 g/mol. The zero-order valence-corrected chi connectivity index (χ0v) is 6.54. The van der Waals surface area contributed by atoms with Gasteiger partial charge < -0.3 is 15.9 Å². The third kappa shape index (κ3) is 1.83. The van der Waals surface area contributed by atoms with Gasteiger partial charge in [-0.15, -0.1) is 0 Å². The van der Waals surface area contributed by atoms with E-state index in [9.17, 15) is 8.78 Å². The van der Waals surface area contributed by atoms with Gasteiger partial charge in [-0.05, 0) is 6.07 Å². The van der Waals surface area contributed by atoms with Crippen molar-refractivity contribution in [3.8, 4) is 5.75 Å². The number of aliphatic hydroxyl groups excluding tert-OH is 1. The molecule has 0 aliphatic rings. The van der Waals surface area contributed by atoms with Crippen LogP contribution >= 0.6 is 0 Å². The summed E-state index contributed by atoms with van der Waals surface area (Å²) in [6.07, 6.45) is -2.88. The number of nitrogen functional groups attached to an aromatic ring is 1. The number of nitrogens with zero attached hydrogens (tertiary/aromatic N) is 1. The molecule has 0 aromatic carbocycles. The number of aromatic nitrogens is 1. The van der Waals surface area contributed by atoms with Gasteiger partial charge in [-0.25, -0.2) is 13.8 Å². The molecular formula is C7H8F2N2O2. The van der Waals surface area contributed by atoms with Crippen LogP contribution in [0.1, 0.15) is 17.7 Å². The van der Waals surface area contributed by atoms with Crippen molar-refractivity contribution in [2.75, 3.05) is 5.73 Å². The Labute approximate surface area is 72.6 Å². The smallest absolute Gasteiger partial charge is 0.284 e. The summed E-state index contributed by atoms with van der Waals surface area (Å²) in [5.74, 6) is -0.858. The number of anilines is 1. The molecular weight excluding hydrogens is 182 g/mol. The molecule has 0 radical (unpaired) electrons. The van der Waals surface area contributed by atoms with Crippen LogP contribution in [-0.2, 0) is 6.61 Å². The zero-order chi connectivity index (χ0) is 10.0. The first kappa shape index (κ1) is 9.66. The topological polar surface area (TPSA) is 79.4 Å². The quantitative estimate of drug-likeness (QED) is 0.644. The Morgan fingerprint density at radius 3 is 2.62 bits per heavy atom. The predicted octanol–water partition coefficient (Wildman–Crippen LogP) is 0.799. The molecule has 6 heteroatoms. The number of aliphatic hydroxyl groups is 1. The lowest BCUT2D eigenvalue weighted by atomic mass is 10.2. The maximum absolute atomic E-state index is 12.1. The number of aromatic hydroxyl groups is 1. The van der Waals surface area contributed by atoms with Crippen LogP contribution in [0.5, 0.6) is 5.75 Å². The molecule has 72 valence electrons. The van der Waals surface area contributed by atoms with Gasteiger partial charge in [-0.3, -0.25) is 0 Å². The first-order chi connectivity index (χ1) is 6.06. The molecule has 0 fully saturated rings. The van der Waals surface area contributed by atoms with E-state index in [1.165, 1.54) is 0 Å². The van der Waals surface area contributed by atoms with E-state index in [1.54, 1.807) is 0 Å². The number of hydrogen-bond acceptors (Lipinski definition) is 4. The summed E-state index contributed by atoms with van der Waals surface area (Å²) in [6.45, 7) is -0.449. The fourth-order valence-electron chi connectivity index (χ4n) is 0.859. The fraction of sp³-hybridized carbons (Fsp3) is 0.286. The second kappa shape index (κ2) is 3.53. The van der Waals surface area contributed by atoms with Gasteiger partial charge in [-0.2, -0.15) is 0 Å². The Morgan fingerprint density at radius 1 is 1.54 bits per heavy atom. The summed E-state index contributed by atoms with van der Waals surface area (Å²) in [6, 6.07) is 0.976. The van der Waals surface area contributed by atoms with Gasteiger partial charge in [0.2, 0.25) is 0 Å². The van der Waals surface area contributed by atoms with Gasteiger partial charge in [0.25, 0.3) is 6.43 Å². The van der Waals surface area contributed by atoms with Gasteiger partial charge in [0.05, 0.1) is 6.61 Å². The van der Waals surface area contributed by atoms with Crippen molar-refractivity contribution in [2.45, 2.75) is 13.0 Å². The van der Waals surface area contributed by atoms with Crippen LogP contribution in [0.2, 0.25) is 0 Å². The molecule has 0 spiro atoms. The SMILES string of the molecule is Nc1nc(C(F)F)c(O)cc1CO. The van der Waals surface area contributed by atoms with Crippen LogP contribution in [0.4, 0.5) is 14.6 Å². The summed E-state index contributed by atoms with van der Waals surface area (Å²) in [7, 11) is 0. The molecule has 0 aliphatic heterocycles. The summed E-state index contributed by atoms with van der Waals surface area (Å²) in [4.78, 5) is 3.26. The van der Waals surface area contributed by atoms with E-state index in [1.807, 2.05) is 0 Å². The molecule has 1 heterocycles. The lowest BCUT2D eigenvalue weighted by Crippen LogP contribution is -2.01. The normalized spacial score (nSPS) is 10.8. The van der Waals surface area contributed by atoms with Crippen LogP contribution in [0, 0.1) is 0 Å². The number of pyridine rings is 1. The molecule has 0 bridgehead atoms. The molecule has 4 N–H and O–H groups in total. The van der Waals surface area contributed by atoms with E-state index in [0.717, 1.165) is 6.07 Å². The highest BCUT2D eigenvalue weighted by Gasteiger charge is 2.16. The second-order valence-corrected chi connectivity index (χ2v) is 2.40. The standard InChI is InChI=1S/C7H8F2N2O2/c8-6(9)5-4(13)1-3(2-12)7(10)11-5/h1,6,12-13H,2H2,(H2,10,11). The lowest BCUT2D eigenvalue weighted by molar-refractivity contribution is 0.142. The highest BCUT2D eigenvalue weighted by Crippen LogP contribution is 2.28. The van der Waals surface area contributed by atoms with Crippen molar-refractivity contribution in [1.82, 2.24) is 4.98 Å². The fourth-order valence-corrected chi connectivity index (χ4v) is 0.859. The van der Waals surface area contributed by atoms with Crippen molar-refractivity contribution in [2.24, 2.45) is 0 Å². The molecule has 13 heavy (non-hydrogen) atoms. The third-order valence-corrected chi connectivity index (χ3v) is 1.52. The van der Waals surface area contributed by atoms with Crippen molar-refractivity contribution in [1.29, 1.82) is 0 Å². The number of halogens is 2. The van der Waals surface area contributed by atoms with Crippen molar-refractivity contribution < 1.29 is 19.0 Å². The maximum atomic E-state index is 12.1. The number of rotatable bonds is 2. The first-order valence-electron chi connectivity index (χ1n) is 3.43. The van der Waals surface area contributed by atoms with Gasteiger partial charge >= 0.3 is 0 Å². The Morgan fingerprint density at radius 2 is 2.15 bits per heavy atom. The van der Waals surface area contributed by atoms with Gasteiger partial charge in [0.15, 0.2) is 5.69 Å². The molecule has 1 aromatic heterocycles. The third-order valence-electron chi connectivity index (χ3n) is 1.52. The van der Waals surface area contributed by atoms with Crippen molar-refractivity contribution >= 4 is 5.82 Å². The molecule has 0 aliphatic carbocycles. The highest BCUT2D eigenvalue weighted by atomic mass is 19.3. The van der Waals surface area contributed by atoms with Crippen LogP contribution in [0.3, 0.4) is 0 Å². The number of nitrogens with two attached hydrogens (primary N) is 1. The molecule has 4 nitrogen and oxygen atoms in total. The molecule has 1 aromatic rings. The summed E-state index contributed by atoms with van der Waals surface area (Å²) in [5.41, 5.74) is 4.58. The molecule has 0 saturated heterocycles. The van der Waals surface area contributed by atoms with Gasteiger partial charge in [-0.1, -0.05) is 0 Å². The van der Waals surface area contributed by atoms with E-state index in [-0.39, 0.29) is 11.4 Å². The monoisotopic (exact) mass is 190 g/mol. The van der Waals surface area contributed by atoms with E-state index < -0.39 is 24.5 Å². The van der Waals surface area contributed by atoms with Crippen LogP contribution < -0.4 is 5.73 Å². The molecule has 0 atom stereocenters. The van der Waals surface area contributed by atoms with E-state index in [0.29, 0.717) is 0 Å². The largest absolute Gasteiger partial charge is 0.506 e. The van der Waals surface area contributed by atoms with E-state index in [4.69, 9.17) is 15.9 Å². The van der Waals surface area contributed by atoms with Gasteiger partial charge in [0, 0.05) is 5.56 Å². The highest BCUT2D eigenvalue weighted by molar-refractivity contribution is 5.45. The average Bonchev–Trinajstić information content (AvgIpc) is 2.07. The maximum Gasteiger partial charge on any atom is 0.284 e. The zero-order valence-electron chi connectivity index (χ0n) is 6.54. The Hall–Kier alpha value is -1.43. The minimum atomic E-state index is -2.88. The number of hydrogen-bond donors (Lipinski definition) is 3. The van der Waals surface area contributed by atoms with Crippen LogP contribution in [0.15, 0.2) is 6.07 Å². The Bertz CT molecular complexity index is 318. The minimum absolute atomic E-state index is 0.127. The summed E-state index contributed by atoms with van der Waals surface area (Å²) < 4.78 is 24.2.